The summed E-state index contributed by atoms with van der Waals surface area (Å²) in [5, 5.41) is 3.07. The molecule has 2 rings (SSSR count). The van der Waals surface area contributed by atoms with Crippen molar-refractivity contribution in [2.75, 3.05) is 19.6 Å². The Labute approximate surface area is 160 Å². The third kappa shape index (κ3) is 5.17. The number of halogens is 2. The lowest BCUT2D eigenvalue weighted by atomic mass is 9.87. The van der Waals surface area contributed by atoms with Crippen molar-refractivity contribution in [2.24, 2.45) is 17.6 Å². The van der Waals surface area contributed by atoms with Crippen molar-refractivity contribution in [1.82, 2.24) is 10.2 Å². The Hall–Kier alpha value is -1.66. The molecule has 0 bridgehead atoms. The molecule has 2 amide bonds. The summed E-state index contributed by atoms with van der Waals surface area (Å²) in [5.74, 6) is -0.631. The number of nitrogens with zero attached hydrogens (tertiary/aromatic N) is 1. The Morgan fingerprint density at radius 1 is 1.35 bits per heavy atom. The fourth-order valence-electron chi connectivity index (χ4n) is 2.97. The number of amides is 2. The molecule has 26 heavy (non-hydrogen) atoms. The molecule has 1 fully saturated rings. The lowest BCUT2D eigenvalue weighted by Gasteiger charge is -2.37. The molecular weight excluding hydrogens is 357 g/mol. The number of carbonyl (C=O) groups excluding carboxylic acids is 2. The summed E-state index contributed by atoms with van der Waals surface area (Å²) in [6.45, 7) is 7.34. The van der Waals surface area contributed by atoms with Gasteiger partial charge in [0.25, 0.3) is 5.91 Å². The summed E-state index contributed by atoms with van der Waals surface area (Å²) in [4.78, 5) is 26.9. The molecule has 0 aliphatic carbocycles. The molecule has 1 aromatic rings. The van der Waals surface area contributed by atoms with Crippen molar-refractivity contribution in [3.05, 3.63) is 35.6 Å². The average molecular weight is 386 g/mol. The van der Waals surface area contributed by atoms with Gasteiger partial charge in [-0.3, -0.25) is 9.59 Å². The number of nitrogens with two attached hydrogens (primary N) is 1. The second-order valence-corrected chi connectivity index (χ2v) is 7.36. The van der Waals surface area contributed by atoms with Gasteiger partial charge in [-0.25, -0.2) is 4.39 Å². The Bertz CT molecular complexity index is 624. The van der Waals surface area contributed by atoms with Crippen molar-refractivity contribution < 1.29 is 14.0 Å². The van der Waals surface area contributed by atoms with E-state index in [-0.39, 0.29) is 41.9 Å². The number of nitrogens with one attached hydrogen (secondary N) is 1. The predicted octanol–water partition coefficient (Wildman–Crippen LogP) is 2.59. The van der Waals surface area contributed by atoms with Gasteiger partial charge < -0.3 is 16.0 Å². The van der Waals surface area contributed by atoms with Crippen LogP contribution in [0, 0.1) is 17.7 Å². The topological polar surface area (TPSA) is 75.4 Å². The lowest BCUT2D eigenvalue weighted by molar-refractivity contribution is -0.128. The highest BCUT2D eigenvalue weighted by molar-refractivity contribution is 5.94. The average Bonchev–Trinajstić information content (AvgIpc) is 2.61. The maximum atomic E-state index is 13.0. The number of hydrogen-bond acceptors (Lipinski definition) is 3. The van der Waals surface area contributed by atoms with E-state index in [4.69, 9.17) is 5.73 Å². The van der Waals surface area contributed by atoms with E-state index in [2.05, 4.69) is 5.32 Å². The zero-order valence-corrected chi connectivity index (χ0v) is 16.4. The fourth-order valence-corrected chi connectivity index (χ4v) is 2.97. The molecule has 5 nitrogen and oxygen atoms in total. The second kappa shape index (κ2) is 9.33. The van der Waals surface area contributed by atoms with Crippen LogP contribution >= 0.6 is 12.4 Å². The summed E-state index contributed by atoms with van der Waals surface area (Å²) >= 11 is 0. The van der Waals surface area contributed by atoms with Gasteiger partial charge in [0.2, 0.25) is 5.91 Å². The van der Waals surface area contributed by atoms with Crippen molar-refractivity contribution in [3.63, 3.8) is 0 Å². The Balaban J connectivity index is 0.00000338. The largest absolute Gasteiger partial charge is 0.349 e. The van der Waals surface area contributed by atoms with E-state index in [0.29, 0.717) is 25.2 Å². The van der Waals surface area contributed by atoms with E-state index in [1.165, 1.54) is 24.3 Å². The SMILES string of the molecule is CC(C)C(C)(CN)NC(=O)C1CCCN(C(=O)c2ccc(F)cc2)C1.Cl. The van der Waals surface area contributed by atoms with Crippen LogP contribution < -0.4 is 11.1 Å². The van der Waals surface area contributed by atoms with Crippen molar-refractivity contribution >= 4 is 24.2 Å². The summed E-state index contributed by atoms with van der Waals surface area (Å²) in [6, 6.07) is 5.50. The minimum atomic E-state index is -0.458. The van der Waals surface area contributed by atoms with Gasteiger partial charge in [-0.1, -0.05) is 13.8 Å². The van der Waals surface area contributed by atoms with Crippen LogP contribution in [-0.2, 0) is 4.79 Å². The number of piperidine rings is 1. The quantitative estimate of drug-likeness (QED) is 0.818. The summed E-state index contributed by atoms with van der Waals surface area (Å²) in [7, 11) is 0. The Morgan fingerprint density at radius 3 is 2.50 bits per heavy atom. The molecule has 1 aliphatic rings. The van der Waals surface area contributed by atoms with Crippen molar-refractivity contribution in [2.45, 2.75) is 39.2 Å². The first kappa shape index (κ1) is 22.4. The van der Waals surface area contributed by atoms with Crippen LogP contribution in [0.1, 0.15) is 44.0 Å². The van der Waals surface area contributed by atoms with Gasteiger partial charge in [0.05, 0.1) is 11.5 Å². The molecule has 0 spiro atoms. The zero-order chi connectivity index (χ0) is 18.6. The molecule has 0 radical (unpaired) electrons. The van der Waals surface area contributed by atoms with Crippen LogP contribution in [-0.4, -0.2) is 41.9 Å². The van der Waals surface area contributed by atoms with Crippen LogP contribution in [0.4, 0.5) is 4.39 Å². The summed E-state index contributed by atoms with van der Waals surface area (Å²) in [5.41, 5.74) is 5.82. The van der Waals surface area contributed by atoms with E-state index in [0.717, 1.165) is 12.8 Å². The highest BCUT2D eigenvalue weighted by Gasteiger charge is 2.34. The van der Waals surface area contributed by atoms with E-state index in [9.17, 15) is 14.0 Å². The van der Waals surface area contributed by atoms with E-state index < -0.39 is 5.54 Å². The molecule has 0 saturated carbocycles. The Morgan fingerprint density at radius 2 is 1.96 bits per heavy atom. The van der Waals surface area contributed by atoms with Gasteiger partial charge in [-0.05, 0) is 49.9 Å². The van der Waals surface area contributed by atoms with Crippen molar-refractivity contribution in [3.8, 4) is 0 Å². The van der Waals surface area contributed by atoms with E-state index >= 15 is 0 Å². The minimum absolute atomic E-state index is 0. The molecular formula is C19H29ClFN3O2. The molecule has 1 saturated heterocycles. The van der Waals surface area contributed by atoms with Gasteiger partial charge in [-0.2, -0.15) is 0 Å². The molecule has 3 N–H and O–H groups in total. The highest BCUT2D eigenvalue weighted by atomic mass is 35.5. The summed E-state index contributed by atoms with van der Waals surface area (Å²) in [6.07, 6.45) is 1.52. The van der Waals surface area contributed by atoms with Crippen LogP contribution in [0.2, 0.25) is 0 Å². The fraction of sp³-hybridized carbons (Fsp3) is 0.579. The highest BCUT2D eigenvalue weighted by Crippen LogP contribution is 2.22. The molecule has 2 unspecified atom stereocenters. The molecule has 146 valence electrons. The summed E-state index contributed by atoms with van der Waals surface area (Å²) < 4.78 is 13.0. The molecule has 1 heterocycles. The minimum Gasteiger partial charge on any atom is -0.349 e. The first-order chi connectivity index (χ1) is 11.8. The maximum Gasteiger partial charge on any atom is 0.253 e. The van der Waals surface area contributed by atoms with Crippen LogP contribution in [0.15, 0.2) is 24.3 Å². The number of benzene rings is 1. The Kier molecular flexibility index (Phi) is 8.03. The van der Waals surface area contributed by atoms with Gasteiger partial charge in [0.1, 0.15) is 5.82 Å². The van der Waals surface area contributed by atoms with Gasteiger partial charge in [0, 0.05) is 25.2 Å². The molecule has 1 aromatic carbocycles. The third-order valence-corrected chi connectivity index (χ3v) is 5.28. The normalized spacial score (nSPS) is 19.5. The standard InChI is InChI=1S/C19H28FN3O2.ClH/c1-13(2)19(3,12-21)22-17(24)15-5-4-10-23(11-15)18(25)14-6-8-16(20)9-7-14;/h6-9,13,15H,4-5,10-12,21H2,1-3H3,(H,22,24);1H. The predicted molar refractivity (Wildman–Crippen MR) is 103 cm³/mol. The number of rotatable bonds is 5. The molecule has 0 aromatic heterocycles. The van der Waals surface area contributed by atoms with E-state index in [1.807, 2.05) is 20.8 Å². The lowest BCUT2D eigenvalue weighted by Crippen LogP contribution is -2.58. The molecule has 7 heteroatoms. The second-order valence-electron chi connectivity index (χ2n) is 7.36. The number of carbonyl (C=O) groups is 2. The monoisotopic (exact) mass is 385 g/mol. The van der Waals surface area contributed by atoms with E-state index in [1.54, 1.807) is 4.90 Å². The van der Waals surface area contributed by atoms with Crippen LogP contribution in [0.5, 0.6) is 0 Å². The van der Waals surface area contributed by atoms with Gasteiger partial charge in [0.15, 0.2) is 0 Å². The van der Waals surface area contributed by atoms with Crippen LogP contribution in [0.25, 0.3) is 0 Å². The smallest absolute Gasteiger partial charge is 0.253 e. The first-order valence-electron chi connectivity index (χ1n) is 8.84. The number of likely N-dealkylation sites (tertiary alicyclic amines) is 1. The third-order valence-electron chi connectivity index (χ3n) is 5.28. The first-order valence-corrected chi connectivity index (χ1v) is 8.84. The van der Waals surface area contributed by atoms with Gasteiger partial charge >= 0.3 is 0 Å². The zero-order valence-electron chi connectivity index (χ0n) is 15.6. The number of hydrogen-bond donors (Lipinski definition) is 2. The molecule has 2 atom stereocenters. The van der Waals surface area contributed by atoms with Crippen molar-refractivity contribution in [1.29, 1.82) is 0 Å². The molecule has 1 aliphatic heterocycles. The van der Waals surface area contributed by atoms with Crippen LogP contribution in [0.3, 0.4) is 0 Å². The van der Waals surface area contributed by atoms with Gasteiger partial charge in [-0.15, -0.1) is 12.4 Å². The maximum absolute atomic E-state index is 13.0.